The summed E-state index contributed by atoms with van der Waals surface area (Å²) in [4.78, 5) is 23.0. The van der Waals surface area contributed by atoms with Gasteiger partial charge in [-0.15, -0.1) is 0 Å². The van der Waals surface area contributed by atoms with Gasteiger partial charge in [0, 0.05) is 0 Å². The summed E-state index contributed by atoms with van der Waals surface area (Å²) in [6.45, 7) is 8.65. The third-order valence-corrected chi connectivity index (χ3v) is 3.36. The molecule has 1 aliphatic heterocycles. The highest BCUT2D eigenvalue weighted by atomic mass is 16.6. The SMILES string of the molecule is CC1CNCCC1(CC(=O)O)NC(=O)OC(C)(C)C. The van der Waals surface area contributed by atoms with Gasteiger partial charge in [0.25, 0.3) is 0 Å². The van der Waals surface area contributed by atoms with Crippen molar-refractivity contribution in [2.24, 2.45) is 5.92 Å². The molecule has 110 valence electrons. The first-order chi connectivity index (χ1) is 8.65. The minimum atomic E-state index is -0.912. The molecule has 2 unspecified atom stereocenters. The maximum Gasteiger partial charge on any atom is 0.408 e. The van der Waals surface area contributed by atoms with Crippen LogP contribution in [0.25, 0.3) is 0 Å². The standard InChI is InChI=1S/C13H24N2O4/c1-9-8-14-6-5-13(9,7-10(16)17)15-11(18)19-12(2,3)4/h9,14H,5-8H2,1-4H3,(H,15,18)(H,16,17). The molecule has 19 heavy (non-hydrogen) atoms. The maximum absolute atomic E-state index is 11.9. The average molecular weight is 272 g/mol. The molecule has 6 nitrogen and oxygen atoms in total. The Kier molecular flexibility index (Phi) is 4.79. The molecule has 1 amide bonds. The van der Waals surface area contributed by atoms with Gasteiger partial charge in [-0.3, -0.25) is 4.79 Å². The van der Waals surface area contributed by atoms with Crippen LogP contribution >= 0.6 is 0 Å². The number of carbonyl (C=O) groups excluding carboxylic acids is 1. The van der Waals surface area contributed by atoms with E-state index in [-0.39, 0.29) is 12.3 Å². The summed E-state index contributed by atoms with van der Waals surface area (Å²) in [5.41, 5.74) is -1.33. The molecule has 0 aromatic carbocycles. The predicted molar refractivity (Wildman–Crippen MR) is 71.0 cm³/mol. The molecule has 0 radical (unpaired) electrons. The normalized spacial score (nSPS) is 27.7. The molecular weight excluding hydrogens is 248 g/mol. The van der Waals surface area contributed by atoms with Crippen LogP contribution in [-0.4, -0.2) is 41.4 Å². The first-order valence-electron chi connectivity index (χ1n) is 6.58. The molecule has 6 heteroatoms. The number of carboxylic acid groups (broad SMARTS) is 1. The van der Waals surface area contributed by atoms with E-state index in [2.05, 4.69) is 10.6 Å². The topological polar surface area (TPSA) is 87.7 Å². The molecule has 1 saturated heterocycles. The van der Waals surface area contributed by atoms with E-state index < -0.39 is 23.2 Å². The van der Waals surface area contributed by atoms with Gasteiger partial charge in [-0.05, 0) is 46.2 Å². The van der Waals surface area contributed by atoms with Crippen molar-refractivity contribution in [2.75, 3.05) is 13.1 Å². The smallest absolute Gasteiger partial charge is 0.408 e. The lowest BCUT2D eigenvalue weighted by molar-refractivity contribution is -0.139. The second kappa shape index (κ2) is 5.77. The fourth-order valence-corrected chi connectivity index (χ4v) is 2.34. The van der Waals surface area contributed by atoms with E-state index >= 15 is 0 Å². The molecule has 1 fully saturated rings. The summed E-state index contributed by atoms with van der Waals surface area (Å²) in [5, 5.41) is 15.1. The predicted octanol–water partition coefficient (Wildman–Crippen LogP) is 1.35. The Balaban J connectivity index is 2.80. The lowest BCUT2D eigenvalue weighted by Crippen LogP contribution is -2.61. The lowest BCUT2D eigenvalue weighted by atomic mass is 9.77. The second-order valence-electron chi connectivity index (χ2n) is 6.21. The second-order valence-corrected chi connectivity index (χ2v) is 6.21. The molecule has 1 rings (SSSR count). The Morgan fingerprint density at radius 3 is 2.58 bits per heavy atom. The van der Waals surface area contributed by atoms with E-state index in [1.807, 2.05) is 6.92 Å². The van der Waals surface area contributed by atoms with Gasteiger partial charge >= 0.3 is 12.1 Å². The fraction of sp³-hybridized carbons (Fsp3) is 0.846. The van der Waals surface area contributed by atoms with Gasteiger partial charge in [0.1, 0.15) is 5.60 Å². The number of carbonyl (C=O) groups is 2. The van der Waals surface area contributed by atoms with Gasteiger partial charge in [-0.2, -0.15) is 0 Å². The number of nitrogens with one attached hydrogen (secondary N) is 2. The molecule has 0 bridgehead atoms. The largest absolute Gasteiger partial charge is 0.481 e. The van der Waals surface area contributed by atoms with E-state index in [0.29, 0.717) is 19.5 Å². The van der Waals surface area contributed by atoms with E-state index in [4.69, 9.17) is 9.84 Å². The van der Waals surface area contributed by atoms with Crippen molar-refractivity contribution < 1.29 is 19.4 Å². The summed E-state index contributed by atoms with van der Waals surface area (Å²) in [6, 6.07) is 0. The highest BCUT2D eigenvalue weighted by Crippen LogP contribution is 2.28. The Labute approximate surface area is 113 Å². The summed E-state index contributed by atoms with van der Waals surface area (Å²) < 4.78 is 5.23. The first kappa shape index (κ1) is 15.8. The van der Waals surface area contributed by atoms with Crippen molar-refractivity contribution in [2.45, 2.75) is 51.7 Å². The van der Waals surface area contributed by atoms with Crippen molar-refractivity contribution in [3.8, 4) is 0 Å². The van der Waals surface area contributed by atoms with Gasteiger partial charge < -0.3 is 20.5 Å². The molecule has 0 aliphatic carbocycles. The van der Waals surface area contributed by atoms with Crippen LogP contribution in [0.5, 0.6) is 0 Å². The lowest BCUT2D eigenvalue weighted by Gasteiger charge is -2.42. The van der Waals surface area contributed by atoms with Gasteiger partial charge in [-0.25, -0.2) is 4.79 Å². The molecule has 3 N–H and O–H groups in total. The summed E-state index contributed by atoms with van der Waals surface area (Å²) >= 11 is 0. The molecule has 0 spiro atoms. The number of amides is 1. The van der Waals surface area contributed by atoms with Crippen LogP contribution in [0.2, 0.25) is 0 Å². The Morgan fingerprint density at radius 2 is 2.11 bits per heavy atom. The van der Waals surface area contributed by atoms with Crippen LogP contribution in [-0.2, 0) is 9.53 Å². The zero-order valence-electron chi connectivity index (χ0n) is 12.1. The number of aliphatic carboxylic acids is 1. The van der Waals surface area contributed by atoms with E-state index in [1.54, 1.807) is 20.8 Å². The summed E-state index contributed by atoms with van der Waals surface area (Å²) in [6.07, 6.45) is -0.0584. The number of rotatable bonds is 3. The van der Waals surface area contributed by atoms with Gasteiger partial charge in [0.05, 0.1) is 12.0 Å². The van der Waals surface area contributed by atoms with E-state index in [0.717, 1.165) is 0 Å². The van der Waals surface area contributed by atoms with Crippen LogP contribution in [0.15, 0.2) is 0 Å². The average Bonchev–Trinajstić information content (AvgIpc) is 2.18. The quantitative estimate of drug-likeness (QED) is 0.722. The number of hydrogen-bond acceptors (Lipinski definition) is 4. The van der Waals surface area contributed by atoms with Gasteiger partial charge in [0.15, 0.2) is 0 Å². The first-order valence-corrected chi connectivity index (χ1v) is 6.58. The molecule has 1 heterocycles. The molecule has 0 aromatic rings. The Bertz CT molecular complexity index is 351. The minimum Gasteiger partial charge on any atom is -0.481 e. The zero-order valence-corrected chi connectivity index (χ0v) is 12.1. The number of carboxylic acids is 1. The van der Waals surface area contributed by atoms with Crippen LogP contribution in [0, 0.1) is 5.92 Å². The van der Waals surface area contributed by atoms with Crippen LogP contribution < -0.4 is 10.6 Å². The zero-order chi connectivity index (χ0) is 14.7. The van der Waals surface area contributed by atoms with Crippen molar-refractivity contribution >= 4 is 12.1 Å². The maximum atomic E-state index is 11.9. The number of hydrogen-bond donors (Lipinski definition) is 3. The number of alkyl carbamates (subject to hydrolysis) is 1. The molecule has 0 saturated carbocycles. The van der Waals surface area contributed by atoms with Crippen LogP contribution in [0.4, 0.5) is 4.79 Å². The number of piperidine rings is 1. The van der Waals surface area contributed by atoms with Crippen LogP contribution in [0.1, 0.15) is 40.5 Å². The Hall–Kier alpha value is -1.30. The highest BCUT2D eigenvalue weighted by molar-refractivity contribution is 5.73. The highest BCUT2D eigenvalue weighted by Gasteiger charge is 2.42. The van der Waals surface area contributed by atoms with Gasteiger partial charge in [-0.1, -0.05) is 6.92 Å². The van der Waals surface area contributed by atoms with E-state index in [9.17, 15) is 9.59 Å². The molecular formula is C13H24N2O4. The monoisotopic (exact) mass is 272 g/mol. The summed E-state index contributed by atoms with van der Waals surface area (Å²) in [7, 11) is 0. The van der Waals surface area contributed by atoms with Crippen molar-refractivity contribution in [3.05, 3.63) is 0 Å². The fourth-order valence-electron chi connectivity index (χ4n) is 2.34. The third kappa shape index (κ3) is 4.70. The Morgan fingerprint density at radius 1 is 1.47 bits per heavy atom. The van der Waals surface area contributed by atoms with Crippen molar-refractivity contribution in [1.29, 1.82) is 0 Å². The number of ether oxygens (including phenoxy) is 1. The molecule has 1 aliphatic rings. The molecule has 2 atom stereocenters. The minimum absolute atomic E-state index is 0.0323. The third-order valence-electron chi connectivity index (χ3n) is 3.36. The molecule has 0 aromatic heterocycles. The van der Waals surface area contributed by atoms with Crippen molar-refractivity contribution in [3.63, 3.8) is 0 Å². The van der Waals surface area contributed by atoms with Crippen LogP contribution in [0.3, 0.4) is 0 Å². The van der Waals surface area contributed by atoms with E-state index in [1.165, 1.54) is 0 Å². The summed E-state index contributed by atoms with van der Waals surface area (Å²) in [5.74, 6) is -0.880. The van der Waals surface area contributed by atoms with Crippen molar-refractivity contribution in [1.82, 2.24) is 10.6 Å². The van der Waals surface area contributed by atoms with Gasteiger partial charge in [0.2, 0.25) is 0 Å².